The van der Waals surface area contributed by atoms with Gasteiger partial charge in [0.2, 0.25) is 0 Å². The van der Waals surface area contributed by atoms with Crippen molar-refractivity contribution in [3.05, 3.63) is 83.1 Å². The van der Waals surface area contributed by atoms with Crippen LogP contribution in [0.5, 0.6) is 0 Å². The zero-order valence-electron chi connectivity index (χ0n) is 17.7. The van der Waals surface area contributed by atoms with Crippen molar-refractivity contribution in [3.63, 3.8) is 0 Å². The van der Waals surface area contributed by atoms with Crippen LogP contribution < -0.4 is 5.32 Å². The van der Waals surface area contributed by atoms with E-state index in [0.29, 0.717) is 12.1 Å². The minimum Gasteiger partial charge on any atom is -0.467 e. The predicted octanol–water partition coefficient (Wildman–Crippen LogP) is 4.04. The van der Waals surface area contributed by atoms with Gasteiger partial charge in [0.25, 0.3) is 5.91 Å². The smallest absolute Gasteiger partial charge is 0.340 e. The average molecular weight is 408 g/mol. The molecule has 0 saturated carbocycles. The van der Waals surface area contributed by atoms with Gasteiger partial charge >= 0.3 is 5.97 Å². The Labute approximate surface area is 176 Å². The monoisotopic (exact) mass is 408 g/mol. The molecule has 0 aliphatic carbocycles. The van der Waals surface area contributed by atoms with Crippen LogP contribution in [0.2, 0.25) is 0 Å². The molecule has 0 bridgehead atoms. The van der Waals surface area contributed by atoms with E-state index >= 15 is 0 Å². The van der Waals surface area contributed by atoms with Gasteiger partial charge in [-0.3, -0.25) is 4.79 Å². The highest BCUT2D eigenvalue weighted by atomic mass is 16.5. The van der Waals surface area contributed by atoms with Crippen LogP contribution in [0.4, 0.5) is 0 Å². The van der Waals surface area contributed by atoms with Gasteiger partial charge in [0.15, 0.2) is 6.61 Å². The fourth-order valence-electron chi connectivity index (χ4n) is 3.43. The van der Waals surface area contributed by atoms with Gasteiger partial charge in [-0.25, -0.2) is 4.79 Å². The van der Waals surface area contributed by atoms with Gasteiger partial charge in [-0.15, -0.1) is 0 Å². The maximum Gasteiger partial charge on any atom is 0.340 e. The maximum atomic E-state index is 12.5. The van der Waals surface area contributed by atoms with Crippen molar-refractivity contribution in [3.8, 4) is 0 Å². The van der Waals surface area contributed by atoms with Crippen molar-refractivity contribution in [2.24, 2.45) is 0 Å². The van der Waals surface area contributed by atoms with E-state index < -0.39 is 5.97 Å². The molecule has 2 aromatic heterocycles. The first-order chi connectivity index (χ1) is 14.4. The zero-order chi connectivity index (χ0) is 21.5. The first kappa shape index (κ1) is 21.4. The number of nitrogens with one attached hydrogen (secondary N) is 1. The summed E-state index contributed by atoms with van der Waals surface area (Å²) < 4.78 is 12.6. The number of ether oxygens (including phenoxy) is 1. The van der Waals surface area contributed by atoms with E-state index in [9.17, 15) is 9.59 Å². The number of esters is 1. The minimum atomic E-state index is -0.499. The number of benzene rings is 1. The number of carbonyl (C=O) groups is 2. The van der Waals surface area contributed by atoms with Crippen molar-refractivity contribution in [2.75, 3.05) is 6.61 Å². The molecule has 0 fully saturated rings. The van der Waals surface area contributed by atoms with Crippen LogP contribution in [0, 0.1) is 13.8 Å². The Bertz CT molecular complexity index is 974. The molecule has 0 aliphatic rings. The lowest BCUT2D eigenvalue weighted by molar-refractivity contribution is -0.124. The van der Waals surface area contributed by atoms with Crippen LogP contribution in [0.15, 0.2) is 59.2 Å². The highest BCUT2D eigenvalue weighted by Gasteiger charge is 2.19. The van der Waals surface area contributed by atoms with E-state index in [0.717, 1.165) is 30.0 Å². The number of hydrogen-bond donors (Lipinski definition) is 1. The summed E-state index contributed by atoms with van der Waals surface area (Å²) in [5, 5.41) is 2.88. The van der Waals surface area contributed by atoms with Gasteiger partial charge in [0, 0.05) is 17.4 Å². The summed E-state index contributed by atoms with van der Waals surface area (Å²) in [5.41, 5.74) is 3.40. The summed E-state index contributed by atoms with van der Waals surface area (Å²) in [7, 11) is 0. The number of rotatable bonds is 9. The Balaban J connectivity index is 1.48. The summed E-state index contributed by atoms with van der Waals surface area (Å²) in [4.78, 5) is 24.7. The first-order valence-electron chi connectivity index (χ1n) is 10.1. The number of aryl methyl sites for hydroxylation is 2. The highest BCUT2D eigenvalue weighted by Crippen LogP contribution is 2.18. The summed E-state index contributed by atoms with van der Waals surface area (Å²) in [6, 6.07) is 15.6. The molecule has 2 heterocycles. The Hall–Kier alpha value is -3.28. The number of hydrogen-bond acceptors (Lipinski definition) is 4. The van der Waals surface area contributed by atoms with E-state index in [2.05, 4.69) is 17.4 Å². The van der Waals surface area contributed by atoms with Gasteiger partial charge in [0.1, 0.15) is 5.76 Å². The van der Waals surface area contributed by atoms with Gasteiger partial charge in [-0.1, -0.05) is 30.3 Å². The molecule has 0 radical (unpaired) electrons. The third kappa shape index (κ3) is 5.63. The number of aromatic nitrogens is 1. The molecule has 0 spiro atoms. The Morgan fingerprint density at radius 1 is 1.13 bits per heavy atom. The molecule has 1 N–H and O–H groups in total. The van der Waals surface area contributed by atoms with E-state index in [1.165, 1.54) is 5.56 Å². The van der Waals surface area contributed by atoms with Crippen LogP contribution in [0.3, 0.4) is 0 Å². The number of nitrogens with zero attached hydrogens (tertiary/aromatic N) is 1. The highest BCUT2D eigenvalue weighted by molar-refractivity contribution is 5.92. The van der Waals surface area contributed by atoms with E-state index in [1.54, 1.807) is 12.3 Å². The van der Waals surface area contributed by atoms with Crippen molar-refractivity contribution < 1.29 is 18.7 Å². The Kier molecular flexibility index (Phi) is 7.12. The third-order valence-corrected chi connectivity index (χ3v) is 5.14. The van der Waals surface area contributed by atoms with Gasteiger partial charge in [-0.05, 0) is 57.4 Å². The lowest BCUT2D eigenvalue weighted by Gasteiger charge is -2.14. The Morgan fingerprint density at radius 3 is 2.60 bits per heavy atom. The first-order valence-corrected chi connectivity index (χ1v) is 10.1. The number of carbonyl (C=O) groups excluding carboxylic acids is 2. The van der Waals surface area contributed by atoms with Crippen LogP contribution in [-0.2, 0) is 22.5 Å². The molecule has 1 amide bonds. The van der Waals surface area contributed by atoms with Crippen LogP contribution in [-0.4, -0.2) is 29.1 Å². The second-order valence-electron chi connectivity index (χ2n) is 7.52. The Morgan fingerprint density at radius 2 is 1.90 bits per heavy atom. The summed E-state index contributed by atoms with van der Waals surface area (Å²) in [5.74, 6) is 0.00905. The van der Waals surface area contributed by atoms with E-state index in [-0.39, 0.29) is 18.6 Å². The van der Waals surface area contributed by atoms with Crippen LogP contribution in [0.25, 0.3) is 0 Å². The second kappa shape index (κ2) is 9.96. The molecule has 158 valence electrons. The molecule has 6 heteroatoms. The predicted molar refractivity (Wildman–Crippen MR) is 114 cm³/mol. The molecule has 0 saturated heterocycles. The van der Waals surface area contributed by atoms with Crippen molar-refractivity contribution >= 4 is 11.9 Å². The maximum absolute atomic E-state index is 12.5. The van der Waals surface area contributed by atoms with Crippen molar-refractivity contribution in [2.45, 2.75) is 46.2 Å². The summed E-state index contributed by atoms with van der Waals surface area (Å²) in [6.45, 7) is 5.98. The zero-order valence-corrected chi connectivity index (χ0v) is 17.7. The molecule has 3 aromatic rings. The van der Waals surface area contributed by atoms with Crippen LogP contribution >= 0.6 is 0 Å². The molecule has 3 rings (SSSR count). The average Bonchev–Trinajstić information content (AvgIpc) is 3.35. The summed E-state index contributed by atoms with van der Waals surface area (Å²) >= 11 is 0. The fourth-order valence-corrected chi connectivity index (χ4v) is 3.43. The number of amides is 1. The molecular formula is C24H28N2O4. The van der Waals surface area contributed by atoms with E-state index in [1.807, 2.05) is 55.7 Å². The molecule has 0 aliphatic heterocycles. The second-order valence-corrected chi connectivity index (χ2v) is 7.52. The third-order valence-electron chi connectivity index (χ3n) is 5.14. The van der Waals surface area contributed by atoms with Crippen LogP contribution in [0.1, 0.15) is 46.4 Å². The summed E-state index contributed by atoms with van der Waals surface area (Å²) in [6.07, 6.45) is 3.32. The lowest BCUT2D eigenvalue weighted by Crippen LogP contribution is -2.36. The van der Waals surface area contributed by atoms with Crippen molar-refractivity contribution in [1.29, 1.82) is 0 Å². The normalized spacial score (nSPS) is 11.8. The lowest BCUT2D eigenvalue weighted by atomic mass is 10.1. The van der Waals surface area contributed by atoms with Gasteiger partial charge in [0.05, 0.1) is 18.4 Å². The SMILES string of the molecule is Cc1cc(C(=O)OCC(=O)N[C@@H](C)CCc2ccccc2)c(C)n1Cc1ccco1. The molecule has 0 unspecified atom stereocenters. The van der Waals surface area contributed by atoms with E-state index in [4.69, 9.17) is 9.15 Å². The largest absolute Gasteiger partial charge is 0.467 e. The van der Waals surface area contributed by atoms with Gasteiger partial charge < -0.3 is 19.0 Å². The molecular weight excluding hydrogens is 380 g/mol. The minimum absolute atomic E-state index is 0.00484. The molecule has 1 atom stereocenters. The number of furan rings is 1. The molecule has 30 heavy (non-hydrogen) atoms. The topological polar surface area (TPSA) is 73.5 Å². The molecule has 6 nitrogen and oxygen atoms in total. The standard InChI is InChI=1S/C24H28N2O4/c1-17(11-12-20-8-5-4-6-9-20)25-23(27)16-30-24(28)22-14-18(2)26(19(22)3)15-21-10-7-13-29-21/h4-10,13-14,17H,11-12,15-16H2,1-3H3,(H,25,27)/t17-/m0/s1. The van der Waals surface area contributed by atoms with Gasteiger partial charge in [-0.2, -0.15) is 0 Å². The quantitative estimate of drug-likeness (QED) is 0.542. The van der Waals surface area contributed by atoms with Crippen molar-refractivity contribution in [1.82, 2.24) is 9.88 Å². The molecule has 1 aromatic carbocycles. The fraction of sp³-hybridized carbons (Fsp3) is 0.333.